The van der Waals surface area contributed by atoms with Gasteiger partial charge in [-0.1, -0.05) is 36.7 Å². The zero-order valence-electron chi connectivity index (χ0n) is 8.50. The Morgan fingerprint density at radius 2 is 2.13 bits per heavy atom. The van der Waals surface area contributed by atoms with E-state index in [0.29, 0.717) is 10.7 Å². The van der Waals surface area contributed by atoms with E-state index in [-0.39, 0.29) is 0 Å². The summed E-state index contributed by atoms with van der Waals surface area (Å²) in [5, 5.41) is 10.5. The van der Waals surface area contributed by atoms with Crippen molar-refractivity contribution < 1.29 is 0 Å². The summed E-state index contributed by atoms with van der Waals surface area (Å²) in [5.74, 6) is 0. The first-order valence-electron chi connectivity index (χ1n) is 4.96. The van der Waals surface area contributed by atoms with Crippen LogP contribution in [0.5, 0.6) is 0 Å². The number of hydrogen-bond donors (Lipinski definition) is 0. The smallest absolute Gasteiger partial charge is 0.128 e. The largest absolute Gasteiger partial charge is 0.330 e. The van der Waals surface area contributed by atoms with Crippen LogP contribution in [0.4, 0.5) is 0 Å². The zero-order chi connectivity index (χ0) is 10.8. The molecule has 2 nitrogen and oxygen atoms in total. The normalized spacial score (nSPS) is 10.5. The number of aryl methyl sites for hydroxylation is 1. The van der Waals surface area contributed by atoms with Crippen LogP contribution >= 0.6 is 11.6 Å². The van der Waals surface area contributed by atoms with E-state index in [1.54, 1.807) is 0 Å². The quantitative estimate of drug-likeness (QED) is 0.758. The van der Waals surface area contributed by atoms with Crippen LogP contribution in [0.2, 0.25) is 5.15 Å². The average Bonchev–Trinajstić information content (AvgIpc) is 2.53. The van der Waals surface area contributed by atoms with Crippen molar-refractivity contribution in [3.63, 3.8) is 0 Å². The Bertz CT molecular complexity index is 534. The lowest BCUT2D eigenvalue weighted by Crippen LogP contribution is -1.95. The SMILES string of the molecule is CCCn1c(Cl)c(C#N)c2ccccc21. The molecule has 0 saturated carbocycles. The van der Waals surface area contributed by atoms with E-state index in [1.807, 2.05) is 28.8 Å². The number of halogens is 1. The third-order valence-corrected chi connectivity index (χ3v) is 2.86. The van der Waals surface area contributed by atoms with Gasteiger partial charge in [-0.15, -0.1) is 0 Å². The first kappa shape index (κ1) is 10.1. The molecule has 0 atom stereocenters. The molecule has 0 aliphatic carbocycles. The molecule has 0 bridgehead atoms. The second kappa shape index (κ2) is 3.96. The molecule has 0 saturated heterocycles. The molecule has 0 aliphatic rings. The minimum Gasteiger partial charge on any atom is -0.330 e. The van der Waals surface area contributed by atoms with Crippen LogP contribution in [0.3, 0.4) is 0 Å². The number of rotatable bonds is 2. The van der Waals surface area contributed by atoms with Crippen LogP contribution in [0.15, 0.2) is 24.3 Å². The average molecular weight is 219 g/mol. The molecule has 2 aromatic rings. The second-order valence-electron chi connectivity index (χ2n) is 3.45. The monoisotopic (exact) mass is 218 g/mol. The molecular formula is C12H11ClN2. The minimum absolute atomic E-state index is 0.556. The summed E-state index contributed by atoms with van der Waals surface area (Å²) < 4.78 is 2.00. The van der Waals surface area contributed by atoms with E-state index in [4.69, 9.17) is 16.9 Å². The number of nitriles is 1. The van der Waals surface area contributed by atoms with Gasteiger partial charge in [-0.3, -0.25) is 0 Å². The zero-order valence-corrected chi connectivity index (χ0v) is 9.25. The maximum absolute atomic E-state index is 9.05. The van der Waals surface area contributed by atoms with Gasteiger partial charge < -0.3 is 4.57 Å². The lowest BCUT2D eigenvalue weighted by atomic mass is 10.2. The van der Waals surface area contributed by atoms with Crippen molar-refractivity contribution >= 4 is 22.5 Å². The Kier molecular flexibility index (Phi) is 2.66. The highest BCUT2D eigenvalue weighted by Crippen LogP contribution is 2.29. The predicted molar refractivity (Wildman–Crippen MR) is 62.0 cm³/mol. The minimum atomic E-state index is 0.556. The predicted octanol–water partition coefficient (Wildman–Crippen LogP) is 3.58. The van der Waals surface area contributed by atoms with Gasteiger partial charge in [-0.25, -0.2) is 0 Å². The van der Waals surface area contributed by atoms with Crippen LogP contribution in [0.25, 0.3) is 10.9 Å². The summed E-state index contributed by atoms with van der Waals surface area (Å²) in [6.07, 6.45) is 1.00. The van der Waals surface area contributed by atoms with Crippen molar-refractivity contribution in [2.45, 2.75) is 19.9 Å². The fourth-order valence-electron chi connectivity index (χ4n) is 1.82. The molecule has 0 amide bonds. The Hall–Kier alpha value is -1.46. The Morgan fingerprint density at radius 3 is 2.80 bits per heavy atom. The number of fused-ring (bicyclic) bond motifs is 1. The van der Waals surface area contributed by atoms with Gasteiger partial charge in [0.1, 0.15) is 11.2 Å². The first-order valence-corrected chi connectivity index (χ1v) is 5.34. The summed E-state index contributed by atoms with van der Waals surface area (Å²) in [4.78, 5) is 0. The van der Waals surface area contributed by atoms with Crippen molar-refractivity contribution in [3.8, 4) is 6.07 Å². The van der Waals surface area contributed by atoms with Gasteiger partial charge >= 0.3 is 0 Å². The van der Waals surface area contributed by atoms with Crippen molar-refractivity contribution in [1.82, 2.24) is 4.57 Å². The summed E-state index contributed by atoms with van der Waals surface area (Å²) in [7, 11) is 0. The van der Waals surface area contributed by atoms with E-state index in [2.05, 4.69) is 13.0 Å². The summed E-state index contributed by atoms with van der Waals surface area (Å²) in [5.41, 5.74) is 1.63. The molecule has 1 aromatic carbocycles. The van der Waals surface area contributed by atoms with Crippen molar-refractivity contribution in [3.05, 3.63) is 35.0 Å². The van der Waals surface area contributed by atoms with Gasteiger partial charge in [0.05, 0.1) is 11.1 Å². The number of para-hydroxylation sites is 1. The second-order valence-corrected chi connectivity index (χ2v) is 3.80. The van der Waals surface area contributed by atoms with Gasteiger partial charge in [0.15, 0.2) is 0 Å². The van der Waals surface area contributed by atoms with Crippen molar-refractivity contribution in [1.29, 1.82) is 5.26 Å². The maximum atomic E-state index is 9.05. The van der Waals surface area contributed by atoms with Gasteiger partial charge in [-0.2, -0.15) is 5.26 Å². The van der Waals surface area contributed by atoms with Crippen LogP contribution < -0.4 is 0 Å². The number of hydrogen-bond acceptors (Lipinski definition) is 1. The Morgan fingerprint density at radius 1 is 1.40 bits per heavy atom. The molecule has 0 fully saturated rings. The van der Waals surface area contributed by atoms with Crippen LogP contribution in [-0.2, 0) is 6.54 Å². The maximum Gasteiger partial charge on any atom is 0.128 e. The number of nitrogens with zero attached hydrogens (tertiary/aromatic N) is 2. The molecule has 1 heterocycles. The molecule has 0 radical (unpaired) electrons. The standard InChI is InChI=1S/C12H11ClN2/c1-2-7-15-11-6-4-3-5-9(11)10(8-14)12(15)13/h3-6H,2,7H2,1H3. The van der Waals surface area contributed by atoms with Crippen molar-refractivity contribution in [2.24, 2.45) is 0 Å². The Labute approximate surface area is 93.7 Å². The fraction of sp³-hybridized carbons (Fsp3) is 0.250. The van der Waals surface area contributed by atoms with Crippen molar-refractivity contribution in [2.75, 3.05) is 0 Å². The topological polar surface area (TPSA) is 28.7 Å². The molecule has 76 valence electrons. The highest BCUT2D eigenvalue weighted by molar-refractivity contribution is 6.32. The van der Waals surface area contributed by atoms with E-state index >= 15 is 0 Å². The molecule has 3 heteroatoms. The lowest BCUT2D eigenvalue weighted by Gasteiger charge is -2.03. The Balaban J connectivity index is 2.80. The molecule has 0 unspecified atom stereocenters. The van der Waals surface area contributed by atoms with E-state index in [0.717, 1.165) is 23.9 Å². The highest BCUT2D eigenvalue weighted by Gasteiger charge is 2.13. The van der Waals surface area contributed by atoms with Gasteiger partial charge in [-0.05, 0) is 12.5 Å². The molecule has 0 aliphatic heterocycles. The first-order chi connectivity index (χ1) is 7.29. The molecule has 0 N–H and O–H groups in total. The van der Waals surface area contributed by atoms with Crippen LogP contribution in [-0.4, -0.2) is 4.57 Å². The van der Waals surface area contributed by atoms with Gasteiger partial charge in [0, 0.05) is 11.9 Å². The highest BCUT2D eigenvalue weighted by atomic mass is 35.5. The lowest BCUT2D eigenvalue weighted by molar-refractivity contribution is 0.704. The summed E-state index contributed by atoms with van der Waals surface area (Å²) >= 11 is 6.17. The molecule has 0 spiro atoms. The van der Waals surface area contributed by atoms with E-state index in [9.17, 15) is 0 Å². The van der Waals surface area contributed by atoms with E-state index in [1.165, 1.54) is 0 Å². The third kappa shape index (κ3) is 1.49. The fourth-order valence-corrected chi connectivity index (χ4v) is 2.14. The van der Waals surface area contributed by atoms with Gasteiger partial charge in [0.25, 0.3) is 0 Å². The summed E-state index contributed by atoms with van der Waals surface area (Å²) in [6, 6.07) is 9.99. The van der Waals surface area contributed by atoms with Crippen LogP contribution in [0, 0.1) is 11.3 Å². The summed E-state index contributed by atoms with van der Waals surface area (Å²) in [6.45, 7) is 2.94. The van der Waals surface area contributed by atoms with Crippen LogP contribution in [0.1, 0.15) is 18.9 Å². The van der Waals surface area contributed by atoms with E-state index < -0.39 is 0 Å². The molecule has 2 rings (SSSR count). The number of benzene rings is 1. The van der Waals surface area contributed by atoms with Gasteiger partial charge in [0.2, 0.25) is 0 Å². The molecular weight excluding hydrogens is 208 g/mol. The number of aromatic nitrogens is 1. The molecule has 15 heavy (non-hydrogen) atoms. The molecule has 1 aromatic heterocycles. The third-order valence-electron chi connectivity index (χ3n) is 2.47.